The van der Waals surface area contributed by atoms with Gasteiger partial charge in [-0.1, -0.05) is 25.4 Å². The van der Waals surface area contributed by atoms with Crippen LogP contribution in [0.5, 0.6) is 0 Å². The molecule has 0 aromatic heterocycles. The smallest absolute Gasteiger partial charge is 0.255 e. The van der Waals surface area contributed by atoms with Crippen LogP contribution in [0.15, 0.2) is 12.1 Å². The summed E-state index contributed by atoms with van der Waals surface area (Å²) in [6, 6.07) is 1.74. The van der Waals surface area contributed by atoms with E-state index in [4.69, 9.17) is 11.6 Å². The second-order valence-corrected chi connectivity index (χ2v) is 10.4. The van der Waals surface area contributed by atoms with Crippen molar-refractivity contribution in [3.8, 4) is 0 Å². The van der Waals surface area contributed by atoms with Crippen molar-refractivity contribution in [1.82, 2.24) is 9.62 Å². The first kappa shape index (κ1) is 23.0. The third kappa shape index (κ3) is 5.21. The molecule has 0 unspecified atom stereocenters. The highest BCUT2D eigenvalue weighted by Crippen LogP contribution is 2.38. The third-order valence-electron chi connectivity index (χ3n) is 5.28. The van der Waals surface area contributed by atoms with Gasteiger partial charge in [0.05, 0.1) is 16.3 Å². The van der Waals surface area contributed by atoms with Gasteiger partial charge in [-0.2, -0.15) is 0 Å². The van der Waals surface area contributed by atoms with Crippen molar-refractivity contribution in [2.24, 2.45) is 11.3 Å². The minimum Gasteiger partial charge on any atom is -0.351 e. The van der Waals surface area contributed by atoms with Crippen molar-refractivity contribution >= 4 is 27.5 Å². The Hall–Kier alpha value is -1.25. The molecule has 1 aliphatic heterocycles. The predicted molar refractivity (Wildman–Crippen MR) is 106 cm³/mol. The third-order valence-corrected chi connectivity index (χ3v) is 7.53. The summed E-state index contributed by atoms with van der Waals surface area (Å²) in [6.07, 6.45) is 1.96. The van der Waals surface area contributed by atoms with Crippen LogP contribution in [0.1, 0.15) is 50.4 Å². The van der Waals surface area contributed by atoms with E-state index >= 15 is 0 Å². The molecule has 0 bridgehead atoms. The Morgan fingerprint density at radius 2 is 1.82 bits per heavy atom. The van der Waals surface area contributed by atoms with E-state index in [9.17, 15) is 22.0 Å². The van der Waals surface area contributed by atoms with Gasteiger partial charge in [0.1, 0.15) is 11.6 Å². The molecule has 1 fully saturated rings. The van der Waals surface area contributed by atoms with Gasteiger partial charge in [-0.05, 0) is 49.7 Å². The van der Waals surface area contributed by atoms with Gasteiger partial charge >= 0.3 is 0 Å². The van der Waals surface area contributed by atoms with E-state index in [-0.39, 0.29) is 17.7 Å². The minimum atomic E-state index is -3.25. The summed E-state index contributed by atoms with van der Waals surface area (Å²) in [5, 5.41) is 2.15. The maximum atomic E-state index is 14.0. The zero-order valence-electron chi connectivity index (χ0n) is 16.4. The standard InChI is InChI=1S/C19H27ClF2N2O3S/c1-4-28(26,27)24-9-7-19(8-10-24,11-13(2)3)12-23-18(25)16-14(21)5-6-15(22)17(16)20/h5-6,13H,4,7-12H2,1-3H3,(H,23,25). The quantitative estimate of drug-likeness (QED) is 0.660. The molecule has 1 saturated heterocycles. The van der Waals surface area contributed by atoms with E-state index in [1.165, 1.54) is 4.31 Å². The van der Waals surface area contributed by atoms with Crippen LogP contribution in [0.2, 0.25) is 5.02 Å². The van der Waals surface area contributed by atoms with Gasteiger partial charge in [-0.15, -0.1) is 0 Å². The van der Waals surface area contributed by atoms with Gasteiger partial charge in [0.25, 0.3) is 5.91 Å². The van der Waals surface area contributed by atoms with Gasteiger partial charge < -0.3 is 5.32 Å². The maximum absolute atomic E-state index is 14.0. The number of carbonyl (C=O) groups excluding carboxylic acids is 1. The maximum Gasteiger partial charge on any atom is 0.255 e. The van der Waals surface area contributed by atoms with Gasteiger partial charge in [0, 0.05) is 19.6 Å². The molecule has 5 nitrogen and oxygen atoms in total. The molecule has 28 heavy (non-hydrogen) atoms. The number of halogens is 3. The summed E-state index contributed by atoms with van der Waals surface area (Å²) in [5.74, 6) is -2.12. The monoisotopic (exact) mass is 436 g/mol. The topological polar surface area (TPSA) is 66.5 Å². The molecule has 1 aromatic carbocycles. The zero-order valence-corrected chi connectivity index (χ0v) is 18.0. The van der Waals surface area contributed by atoms with Crippen LogP contribution < -0.4 is 5.32 Å². The summed E-state index contributed by atoms with van der Waals surface area (Å²) in [6.45, 7) is 6.74. The number of amides is 1. The van der Waals surface area contributed by atoms with Gasteiger partial charge in [-0.25, -0.2) is 21.5 Å². The SMILES string of the molecule is CCS(=O)(=O)N1CCC(CNC(=O)c2c(F)ccc(F)c2Cl)(CC(C)C)CC1. The lowest BCUT2D eigenvalue weighted by atomic mass is 9.73. The molecule has 0 atom stereocenters. The van der Waals surface area contributed by atoms with Crippen LogP contribution >= 0.6 is 11.6 Å². The first-order chi connectivity index (χ1) is 13.0. The molecule has 1 N–H and O–H groups in total. The average molecular weight is 437 g/mol. The summed E-state index contributed by atoms with van der Waals surface area (Å²) in [5.41, 5.74) is -0.813. The molecule has 0 aliphatic carbocycles. The van der Waals surface area contributed by atoms with E-state index < -0.39 is 38.2 Å². The van der Waals surface area contributed by atoms with Gasteiger partial charge in [0.2, 0.25) is 10.0 Å². The van der Waals surface area contributed by atoms with Crippen LogP contribution in [0, 0.1) is 23.0 Å². The lowest BCUT2D eigenvalue weighted by Crippen LogP contribution is -2.48. The predicted octanol–water partition coefficient (Wildman–Crippen LogP) is 3.83. The van der Waals surface area contributed by atoms with E-state index in [1.807, 2.05) is 0 Å². The number of sulfonamides is 1. The molecule has 0 saturated carbocycles. The number of nitrogens with one attached hydrogen (secondary N) is 1. The fraction of sp³-hybridized carbons (Fsp3) is 0.632. The Morgan fingerprint density at radius 3 is 2.36 bits per heavy atom. The number of benzene rings is 1. The van der Waals surface area contributed by atoms with Crippen molar-refractivity contribution in [2.45, 2.75) is 40.0 Å². The van der Waals surface area contributed by atoms with Crippen molar-refractivity contribution in [1.29, 1.82) is 0 Å². The molecule has 2 rings (SSSR count). The number of nitrogens with zero attached hydrogens (tertiary/aromatic N) is 1. The molecular formula is C19H27ClF2N2O3S. The highest BCUT2D eigenvalue weighted by molar-refractivity contribution is 7.89. The Labute approximate surface area is 170 Å². The van der Waals surface area contributed by atoms with Crippen molar-refractivity contribution in [3.63, 3.8) is 0 Å². The summed E-state index contributed by atoms with van der Waals surface area (Å²) < 4.78 is 53.3. The number of carbonyl (C=O) groups is 1. The van der Waals surface area contributed by atoms with Crippen LogP contribution in [0.4, 0.5) is 8.78 Å². The van der Waals surface area contributed by atoms with Crippen LogP contribution in [-0.2, 0) is 10.0 Å². The van der Waals surface area contributed by atoms with Gasteiger partial charge in [0.15, 0.2) is 0 Å². The second-order valence-electron chi connectivity index (χ2n) is 7.80. The molecule has 1 aromatic rings. The van der Waals surface area contributed by atoms with Gasteiger partial charge in [-0.3, -0.25) is 4.79 Å². The fourth-order valence-electron chi connectivity index (χ4n) is 3.83. The van der Waals surface area contributed by atoms with E-state index in [2.05, 4.69) is 19.2 Å². The highest BCUT2D eigenvalue weighted by Gasteiger charge is 2.38. The van der Waals surface area contributed by atoms with E-state index in [1.54, 1.807) is 6.92 Å². The Bertz CT molecular complexity index is 823. The molecule has 158 valence electrons. The Morgan fingerprint density at radius 1 is 1.25 bits per heavy atom. The fourth-order valence-corrected chi connectivity index (χ4v) is 5.17. The van der Waals surface area contributed by atoms with Crippen LogP contribution in [0.25, 0.3) is 0 Å². The molecular weight excluding hydrogens is 410 g/mol. The lowest BCUT2D eigenvalue weighted by molar-refractivity contribution is 0.0852. The van der Waals surface area contributed by atoms with Crippen molar-refractivity contribution < 1.29 is 22.0 Å². The summed E-state index contributed by atoms with van der Waals surface area (Å²) >= 11 is 5.77. The summed E-state index contributed by atoms with van der Waals surface area (Å²) in [4.78, 5) is 12.5. The Balaban J connectivity index is 2.14. The van der Waals surface area contributed by atoms with Crippen LogP contribution in [0.3, 0.4) is 0 Å². The largest absolute Gasteiger partial charge is 0.351 e. The van der Waals surface area contributed by atoms with Crippen molar-refractivity contribution in [2.75, 3.05) is 25.4 Å². The second kappa shape index (κ2) is 9.05. The van der Waals surface area contributed by atoms with E-state index in [0.29, 0.717) is 31.8 Å². The minimum absolute atomic E-state index is 0.0538. The molecule has 9 heteroatoms. The molecule has 1 aliphatic rings. The number of hydrogen-bond acceptors (Lipinski definition) is 3. The lowest BCUT2D eigenvalue weighted by Gasteiger charge is -2.42. The normalized spacial score (nSPS) is 17.7. The number of hydrogen-bond donors (Lipinski definition) is 1. The number of piperidine rings is 1. The average Bonchev–Trinajstić information content (AvgIpc) is 2.63. The highest BCUT2D eigenvalue weighted by atomic mass is 35.5. The molecule has 0 radical (unpaired) electrons. The molecule has 1 amide bonds. The summed E-state index contributed by atoms with van der Waals surface area (Å²) in [7, 11) is -3.25. The first-order valence-corrected chi connectivity index (χ1v) is 11.4. The molecule has 0 spiro atoms. The first-order valence-electron chi connectivity index (χ1n) is 9.41. The molecule has 1 heterocycles. The van der Waals surface area contributed by atoms with E-state index in [0.717, 1.165) is 18.6 Å². The van der Waals surface area contributed by atoms with Crippen molar-refractivity contribution in [3.05, 3.63) is 34.4 Å². The Kier molecular flexibility index (Phi) is 7.44. The number of rotatable bonds is 7. The van der Waals surface area contributed by atoms with Crippen LogP contribution in [-0.4, -0.2) is 44.0 Å². The zero-order chi connectivity index (χ0) is 21.1.